The second-order valence-corrected chi connectivity index (χ2v) is 6.55. The molecule has 5 heteroatoms. The first-order valence-corrected chi connectivity index (χ1v) is 8.55. The summed E-state index contributed by atoms with van der Waals surface area (Å²) in [6.45, 7) is 4.01. The molecule has 0 spiro atoms. The van der Waals surface area contributed by atoms with E-state index in [-0.39, 0.29) is 0 Å². The van der Waals surface area contributed by atoms with Crippen LogP contribution in [0.1, 0.15) is 43.9 Å². The molecule has 3 atom stereocenters. The summed E-state index contributed by atoms with van der Waals surface area (Å²) < 4.78 is 5.94. The van der Waals surface area contributed by atoms with E-state index in [9.17, 15) is 5.11 Å². The Balaban J connectivity index is 1.60. The Kier molecular flexibility index (Phi) is 6.93. The maximum atomic E-state index is 9.97. The van der Waals surface area contributed by atoms with Gasteiger partial charge in [0.1, 0.15) is 0 Å². The fraction of sp³-hybridized carbons (Fsp3) is 0.800. The highest BCUT2D eigenvalue weighted by Gasteiger charge is 2.24. The molecule has 4 nitrogen and oxygen atoms in total. The number of ether oxygens (including phenoxy) is 1. The van der Waals surface area contributed by atoms with E-state index in [1.165, 1.54) is 30.6 Å². The lowest BCUT2D eigenvalue weighted by Gasteiger charge is -2.31. The number of hydrogen-bond acceptors (Lipinski definition) is 5. The fourth-order valence-electron chi connectivity index (χ4n) is 2.85. The van der Waals surface area contributed by atoms with Gasteiger partial charge in [-0.05, 0) is 18.8 Å². The predicted octanol–water partition coefficient (Wildman–Crippen LogP) is 2.58. The Labute approximate surface area is 125 Å². The first kappa shape index (κ1) is 15.9. The van der Waals surface area contributed by atoms with Crippen molar-refractivity contribution in [3.05, 3.63) is 16.6 Å². The van der Waals surface area contributed by atoms with Gasteiger partial charge in [0.05, 0.1) is 24.3 Å². The number of nitrogens with one attached hydrogen (secondary N) is 1. The molecule has 1 aromatic rings. The van der Waals surface area contributed by atoms with E-state index in [2.05, 4.69) is 17.2 Å². The molecule has 3 unspecified atom stereocenters. The van der Waals surface area contributed by atoms with Gasteiger partial charge in [0.25, 0.3) is 0 Å². The minimum Gasteiger partial charge on any atom is -0.389 e. The first-order valence-electron chi connectivity index (χ1n) is 7.67. The molecule has 2 rings (SSSR count). The van der Waals surface area contributed by atoms with Gasteiger partial charge in [-0.3, -0.25) is 4.98 Å². The van der Waals surface area contributed by atoms with E-state index in [0.29, 0.717) is 25.2 Å². The van der Waals surface area contributed by atoms with Crippen LogP contribution in [-0.4, -0.2) is 35.5 Å². The zero-order valence-electron chi connectivity index (χ0n) is 12.3. The van der Waals surface area contributed by atoms with Crippen molar-refractivity contribution in [1.29, 1.82) is 0 Å². The van der Waals surface area contributed by atoms with Gasteiger partial charge in [-0.15, -0.1) is 11.3 Å². The summed E-state index contributed by atoms with van der Waals surface area (Å²) in [5.41, 5.74) is 1.82. The molecule has 0 saturated heterocycles. The van der Waals surface area contributed by atoms with E-state index in [1.807, 2.05) is 11.7 Å². The number of aromatic nitrogens is 1. The third kappa shape index (κ3) is 5.13. The molecule has 1 heterocycles. The number of rotatable bonds is 8. The van der Waals surface area contributed by atoms with Gasteiger partial charge in [-0.25, -0.2) is 0 Å². The SMILES string of the molecule is CCC1CCCCC1OCC(O)CNCc1cncs1. The average molecular weight is 298 g/mol. The maximum Gasteiger partial charge on any atom is 0.0897 e. The minimum atomic E-state index is -0.428. The third-order valence-corrected chi connectivity index (χ3v) is 4.81. The number of thiazole rings is 1. The van der Waals surface area contributed by atoms with Crippen LogP contribution in [0.5, 0.6) is 0 Å². The molecule has 0 bridgehead atoms. The van der Waals surface area contributed by atoms with E-state index in [0.717, 1.165) is 13.0 Å². The molecule has 1 aliphatic carbocycles. The second kappa shape index (κ2) is 8.72. The van der Waals surface area contributed by atoms with Crippen molar-refractivity contribution in [3.8, 4) is 0 Å². The highest BCUT2D eigenvalue weighted by molar-refractivity contribution is 7.09. The molecule has 1 fully saturated rings. The van der Waals surface area contributed by atoms with E-state index < -0.39 is 6.10 Å². The summed E-state index contributed by atoms with van der Waals surface area (Å²) in [4.78, 5) is 5.22. The summed E-state index contributed by atoms with van der Waals surface area (Å²) in [6.07, 6.45) is 7.99. The molecule has 1 aliphatic rings. The Hall–Kier alpha value is -0.490. The van der Waals surface area contributed by atoms with Crippen molar-refractivity contribution in [1.82, 2.24) is 10.3 Å². The normalized spacial score (nSPS) is 24.7. The quantitative estimate of drug-likeness (QED) is 0.774. The van der Waals surface area contributed by atoms with Gasteiger partial charge in [0, 0.05) is 24.2 Å². The lowest BCUT2D eigenvalue weighted by atomic mass is 9.85. The Bertz CT molecular complexity index is 359. The number of aliphatic hydroxyl groups is 1. The Morgan fingerprint density at radius 2 is 2.35 bits per heavy atom. The van der Waals surface area contributed by atoms with Crippen LogP contribution >= 0.6 is 11.3 Å². The molecule has 1 aromatic heterocycles. The molecule has 1 saturated carbocycles. The van der Waals surface area contributed by atoms with Crippen molar-refractivity contribution in [2.45, 2.75) is 57.8 Å². The van der Waals surface area contributed by atoms with Crippen molar-refractivity contribution < 1.29 is 9.84 Å². The van der Waals surface area contributed by atoms with E-state index in [4.69, 9.17) is 4.74 Å². The smallest absolute Gasteiger partial charge is 0.0897 e. The summed E-state index contributed by atoms with van der Waals surface area (Å²) in [5.74, 6) is 0.682. The Morgan fingerprint density at radius 1 is 1.50 bits per heavy atom. The highest BCUT2D eigenvalue weighted by atomic mass is 32.1. The topological polar surface area (TPSA) is 54.4 Å². The van der Waals surface area contributed by atoms with Crippen LogP contribution in [0.15, 0.2) is 11.7 Å². The summed E-state index contributed by atoms with van der Waals surface area (Å²) in [6, 6.07) is 0. The van der Waals surface area contributed by atoms with Crippen molar-refractivity contribution in [2.24, 2.45) is 5.92 Å². The first-order chi connectivity index (χ1) is 9.79. The molecule has 2 N–H and O–H groups in total. The largest absolute Gasteiger partial charge is 0.389 e. The van der Waals surface area contributed by atoms with Crippen LogP contribution in [0.3, 0.4) is 0 Å². The van der Waals surface area contributed by atoms with E-state index in [1.54, 1.807) is 11.3 Å². The zero-order valence-corrected chi connectivity index (χ0v) is 13.1. The molecule has 20 heavy (non-hydrogen) atoms. The van der Waals surface area contributed by atoms with Gasteiger partial charge in [0.2, 0.25) is 0 Å². The van der Waals surface area contributed by atoms with Gasteiger partial charge in [0.15, 0.2) is 0 Å². The second-order valence-electron chi connectivity index (χ2n) is 5.58. The van der Waals surface area contributed by atoms with Crippen LogP contribution in [0.25, 0.3) is 0 Å². The average Bonchev–Trinajstić information content (AvgIpc) is 2.98. The summed E-state index contributed by atoms with van der Waals surface area (Å²) in [5, 5.41) is 13.2. The lowest BCUT2D eigenvalue weighted by molar-refractivity contribution is -0.0499. The highest BCUT2D eigenvalue weighted by Crippen LogP contribution is 2.29. The predicted molar refractivity (Wildman–Crippen MR) is 81.8 cm³/mol. The van der Waals surface area contributed by atoms with Gasteiger partial charge in [-0.2, -0.15) is 0 Å². The molecule has 0 radical (unpaired) electrons. The minimum absolute atomic E-state index is 0.352. The van der Waals surface area contributed by atoms with Crippen LogP contribution < -0.4 is 5.32 Å². The molecule has 0 aliphatic heterocycles. The lowest BCUT2D eigenvalue weighted by Crippen LogP contribution is -2.34. The zero-order chi connectivity index (χ0) is 14.2. The molecule has 0 amide bonds. The Morgan fingerprint density at radius 3 is 3.10 bits per heavy atom. The van der Waals surface area contributed by atoms with Crippen LogP contribution in [-0.2, 0) is 11.3 Å². The van der Waals surface area contributed by atoms with Gasteiger partial charge >= 0.3 is 0 Å². The van der Waals surface area contributed by atoms with Crippen molar-refractivity contribution in [2.75, 3.05) is 13.2 Å². The van der Waals surface area contributed by atoms with Gasteiger partial charge in [-0.1, -0.05) is 26.2 Å². The molecule has 114 valence electrons. The molecule has 0 aromatic carbocycles. The summed E-state index contributed by atoms with van der Waals surface area (Å²) in [7, 11) is 0. The number of aliphatic hydroxyl groups excluding tert-OH is 1. The third-order valence-electron chi connectivity index (χ3n) is 4.03. The molecular formula is C15H26N2O2S. The van der Waals surface area contributed by atoms with Crippen LogP contribution in [0.4, 0.5) is 0 Å². The van der Waals surface area contributed by atoms with Crippen molar-refractivity contribution >= 4 is 11.3 Å². The molecular weight excluding hydrogens is 272 g/mol. The summed E-state index contributed by atoms with van der Waals surface area (Å²) >= 11 is 1.63. The standard InChI is InChI=1S/C15H26N2O2S/c1-2-12-5-3-4-6-15(12)19-10-13(18)7-16-8-14-9-17-11-20-14/h9,11-13,15-16,18H,2-8,10H2,1H3. The van der Waals surface area contributed by atoms with Gasteiger partial charge < -0.3 is 15.2 Å². The van der Waals surface area contributed by atoms with Crippen molar-refractivity contribution in [3.63, 3.8) is 0 Å². The van der Waals surface area contributed by atoms with Crippen LogP contribution in [0, 0.1) is 5.92 Å². The number of nitrogens with zero attached hydrogens (tertiary/aromatic N) is 1. The monoisotopic (exact) mass is 298 g/mol. The van der Waals surface area contributed by atoms with E-state index >= 15 is 0 Å². The fourth-order valence-corrected chi connectivity index (χ4v) is 3.41. The number of hydrogen-bond donors (Lipinski definition) is 2. The maximum absolute atomic E-state index is 9.97. The van der Waals surface area contributed by atoms with Crippen LogP contribution in [0.2, 0.25) is 0 Å².